The highest BCUT2D eigenvalue weighted by Crippen LogP contribution is 2.31. The molecule has 3 aromatic rings. The van der Waals surface area contributed by atoms with Gasteiger partial charge >= 0.3 is 0 Å². The molecule has 3 aromatic heterocycles. The molecule has 1 atom stereocenters. The first-order valence-corrected chi connectivity index (χ1v) is 10.3. The molecule has 1 N–H and O–H groups in total. The molecule has 0 radical (unpaired) electrons. The summed E-state index contributed by atoms with van der Waals surface area (Å²) in [5.74, 6) is 1.21. The van der Waals surface area contributed by atoms with Crippen LogP contribution in [0.4, 0.5) is 9.70 Å². The third-order valence-corrected chi connectivity index (χ3v) is 5.15. The SMILES string of the molecule is CCCCC(CCC)c1cc(NCc2cccnc2)n2ncc(SF)c2n1. The second-order valence-electron chi connectivity index (χ2n) is 6.73. The summed E-state index contributed by atoms with van der Waals surface area (Å²) in [6.07, 6.45) is 10.7. The highest BCUT2D eigenvalue weighted by Gasteiger charge is 2.18. The van der Waals surface area contributed by atoms with Gasteiger partial charge in [-0.1, -0.05) is 39.2 Å². The minimum absolute atomic E-state index is 0.196. The van der Waals surface area contributed by atoms with Crippen LogP contribution < -0.4 is 5.32 Å². The summed E-state index contributed by atoms with van der Waals surface area (Å²) < 4.78 is 15.0. The van der Waals surface area contributed by atoms with Gasteiger partial charge in [0, 0.05) is 36.6 Å². The van der Waals surface area contributed by atoms with Crippen molar-refractivity contribution in [2.75, 3.05) is 5.32 Å². The predicted octanol–water partition coefficient (Wildman–Crippen LogP) is 5.79. The number of unbranched alkanes of at least 4 members (excludes halogenated alkanes) is 1. The summed E-state index contributed by atoms with van der Waals surface area (Å²) in [5, 5.41) is 7.75. The van der Waals surface area contributed by atoms with Crippen LogP contribution in [0.3, 0.4) is 0 Å². The van der Waals surface area contributed by atoms with E-state index in [9.17, 15) is 3.89 Å². The van der Waals surface area contributed by atoms with Crippen molar-refractivity contribution in [2.24, 2.45) is 0 Å². The lowest BCUT2D eigenvalue weighted by atomic mass is 9.93. The maximum atomic E-state index is 13.3. The van der Waals surface area contributed by atoms with Crippen molar-refractivity contribution in [3.05, 3.63) is 48.0 Å². The largest absolute Gasteiger partial charge is 0.366 e. The van der Waals surface area contributed by atoms with E-state index in [0.29, 0.717) is 23.0 Å². The van der Waals surface area contributed by atoms with Gasteiger partial charge in [-0.25, -0.2) is 4.98 Å². The molecule has 0 bridgehead atoms. The van der Waals surface area contributed by atoms with Crippen molar-refractivity contribution in [1.29, 1.82) is 0 Å². The van der Waals surface area contributed by atoms with Gasteiger partial charge in [0.25, 0.3) is 0 Å². The van der Waals surface area contributed by atoms with Crippen LogP contribution in [0.1, 0.15) is 63.1 Å². The number of halogens is 1. The van der Waals surface area contributed by atoms with Gasteiger partial charge in [-0.15, -0.1) is 0 Å². The summed E-state index contributed by atoms with van der Waals surface area (Å²) in [7, 11) is 0. The normalized spacial score (nSPS) is 12.4. The number of pyridine rings is 1. The van der Waals surface area contributed by atoms with Crippen LogP contribution in [0.15, 0.2) is 41.7 Å². The first-order valence-electron chi connectivity index (χ1n) is 9.56. The molecule has 7 heteroatoms. The molecule has 3 heterocycles. The van der Waals surface area contributed by atoms with Crippen molar-refractivity contribution >= 4 is 23.6 Å². The Hall–Kier alpha value is -2.15. The average Bonchev–Trinajstić information content (AvgIpc) is 3.13. The van der Waals surface area contributed by atoms with E-state index < -0.39 is 0 Å². The second kappa shape index (κ2) is 9.69. The van der Waals surface area contributed by atoms with Crippen molar-refractivity contribution in [1.82, 2.24) is 19.6 Å². The standard InChI is InChI=1S/C20H26FN5S/c1-3-5-9-16(7-4-2)17-11-19(23-13-15-8-6-10-22-12-15)26-20(25-17)18(27-21)14-24-26/h6,8,10-12,14,16,23H,3-5,7,9,13H2,1-2H3. The molecule has 0 aliphatic rings. The van der Waals surface area contributed by atoms with E-state index >= 15 is 0 Å². The van der Waals surface area contributed by atoms with Crippen molar-refractivity contribution in [3.8, 4) is 0 Å². The molecule has 0 saturated carbocycles. The van der Waals surface area contributed by atoms with Gasteiger partial charge in [0.05, 0.1) is 18.3 Å². The summed E-state index contributed by atoms with van der Waals surface area (Å²) in [6, 6.07) is 6.00. The van der Waals surface area contributed by atoms with Crippen LogP contribution in [0.25, 0.3) is 5.65 Å². The van der Waals surface area contributed by atoms with E-state index in [-0.39, 0.29) is 12.1 Å². The zero-order valence-corrected chi connectivity index (χ0v) is 16.7. The van der Waals surface area contributed by atoms with Crippen LogP contribution in [-0.2, 0) is 6.54 Å². The third-order valence-electron chi connectivity index (χ3n) is 4.70. The van der Waals surface area contributed by atoms with E-state index in [4.69, 9.17) is 4.98 Å². The van der Waals surface area contributed by atoms with Crippen LogP contribution in [0, 0.1) is 0 Å². The summed E-state index contributed by atoms with van der Waals surface area (Å²) in [6.45, 7) is 5.02. The Morgan fingerprint density at radius 1 is 1.22 bits per heavy atom. The number of rotatable bonds is 10. The minimum Gasteiger partial charge on any atom is -0.366 e. The molecule has 27 heavy (non-hydrogen) atoms. The lowest BCUT2D eigenvalue weighted by Gasteiger charge is -2.18. The fourth-order valence-electron chi connectivity index (χ4n) is 3.29. The number of hydrogen-bond donors (Lipinski definition) is 1. The van der Waals surface area contributed by atoms with Gasteiger partial charge in [0.1, 0.15) is 10.7 Å². The molecule has 0 amide bonds. The Morgan fingerprint density at radius 2 is 2.11 bits per heavy atom. The number of hydrogen-bond acceptors (Lipinski definition) is 5. The van der Waals surface area contributed by atoms with Crippen LogP contribution in [0.2, 0.25) is 0 Å². The highest BCUT2D eigenvalue weighted by molar-refractivity contribution is 7.94. The van der Waals surface area contributed by atoms with E-state index in [1.807, 2.05) is 18.3 Å². The molecule has 0 saturated heterocycles. The Balaban J connectivity index is 1.95. The van der Waals surface area contributed by atoms with Gasteiger partial charge in [0.15, 0.2) is 5.65 Å². The molecular weight excluding hydrogens is 361 g/mol. The molecule has 1 unspecified atom stereocenters. The third kappa shape index (κ3) is 4.77. The molecule has 0 fully saturated rings. The molecule has 0 aromatic carbocycles. The molecular formula is C20H26FN5S. The highest BCUT2D eigenvalue weighted by atomic mass is 32.2. The molecule has 3 rings (SSSR count). The summed E-state index contributed by atoms with van der Waals surface area (Å²) in [4.78, 5) is 9.38. The van der Waals surface area contributed by atoms with E-state index in [2.05, 4.69) is 35.3 Å². The van der Waals surface area contributed by atoms with Crippen LogP contribution in [-0.4, -0.2) is 19.6 Å². The lowest BCUT2D eigenvalue weighted by molar-refractivity contribution is 0.530. The number of aromatic nitrogens is 4. The quantitative estimate of drug-likeness (QED) is 0.477. The first-order chi connectivity index (χ1) is 13.3. The Bertz CT molecular complexity index is 852. The van der Waals surface area contributed by atoms with Gasteiger partial charge < -0.3 is 5.32 Å². The number of anilines is 1. The maximum Gasteiger partial charge on any atom is 0.173 e. The van der Waals surface area contributed by atoms with Gasteiger partial charge in [-0.3, -0.25) is 4.98 Å². The number of fused-ring (bicyclic) bond motifs is 1. The smallest absolute Gasteiger partial charge is 0.173 e. The minimum atomic E-state index is 0.196. The molecule has 0 aliphatic carbocycles. The predicted molar refractivity (Wildman–Crippen MR) is 109 cm³/mol. The second-order valence-corrected chi connectivity index (χ2v) is 7.32. The Morgan fingerprint density at radius 3 is 2.81 bits per heavy atom. The number of nitrogens with one attached hydrogen (secondary N) is 1. The van der Waals surface area contributed by atoms with Crippen LogP contribution in [0.5, 0.6) is 0 Å². The molecule has 144 valence electrons. The van der Waals surface area contributed by atoms with E-state index in [1.54, 1.807) is 10.7 Å². The molecule has 0 spiro atoms. The molecule has 5 nitrogen and oxygen atoms in total. The zero-order chi connectivity index (χ0) is 19.1. The van der Waals surface area contributed by atoms with E-state index in [0.717, 1.165) is 42.8 Å². The average molecular weight is 388 g/mol. The maximum absolute atomic E-state index is 13.3. The number of nitrogens with zero attached hydrogens (tertiary/aromatic N) is 4. The van der Waals surface area contributed by atoms with Crippen molar-refractivity contribution < 1.29 is 3.89 Å². The van der Waals surface area contributed by atoms with Gasteiger partial charge in [0.2, 0.25) is 0 Å². The van der Waals surface area contributed by atoms with Gasteiger partial charge in [-0.2, -0.15) is 13.5 Å². The van der Waals surface area contributed by atoms with Crippen molar-refractivity contribution in [3.63, 3.8) is 0 Å². The monoisotopic (exact) mass is 387 g/mol. The Labute approximate surface area is 164 Å². The lowest BCUT2D eigenvalue weighted by Crippen LogP contribution is -2.10. The first kappa shape index (κ1) is 19.6. The van der Waals surface area contributed by atoms with Crippen LogP contribution >= 0.6 is 12.1 Å². The van der Waals surface area contributed by atoms with Gasteiger partial charge in [-0.05, 0) is 24.5 Å². The van der Waals surface area contributed by atoms with E-state index in [1.165, 1.54) is 12.6 Å². The molecule has 0 aliphatic heterocycles. The topological polar surface area (TPSA) is 55.1 Å². The fourth-order valence-corrected chi connectivity index (χ4v) is 3.57. The zero-order valence-electron chi connectivity index (χ0n) is 15.9. The Kier molecular flexibility index (Phi) is 7.04. The fraction of sp³-hybridized carbons (Fsp3) is 0.450. The van der Waals surface area contributed by atoms with Crippen molar-refractivity contribution in [2.45, 2.75) is 63.3 Å². The summed E-state index contributed by atoms with van der Waals surface area (Å²) >= 11 is 0.196. The summed E-state index contributed by atoms with van der Waals surface area (Å²) in [5.41, 5.74) is 2.67.